The Balaban J connectivity index is 4.78. The molecule has 0 aromatic carbocycles. The summed E-state index contributed by atoms with van der Waals surface area (Å²) in [5.41, 5.74) is 0.436. The normalized spacial score (nSPS) is 11.5. The van der Waals surface area contributed by atoms with Gasteiger partial charge in [-0.3, -0.25) is 4.79 Å². The van der Waals surface area contributed by atoms with E-state index in [9.17, 15) is 4.79 Å². The highest BCUT2D eigenvalue weighted by Gasteiger charge is 2.04. The number of carbonyl (C=O) groups is 1. The first-order chi connectivity index (χ1) is 5.17. The van der Waals surface area contributed by atoms with Crippen molar-refractivity contribution < 1.29 is 4.79 Å². The molecular weight excluding hydrogens is 158 g/mol. The van der Waals surface area contributed by atoms with Gasteiger partial charge in [0.25, 0.3) is 5.91 Å². The third-order valence-corrected chi connectivity index (χ3v) is 1.57. The van der Waals surface area contributed by atoms with Crippen LogP contribution in [-0.2, 0) is 4.79 Å². The van der Waals surface area contributed by atoms with E-state index >= 15 is 0 Å². The Morgan fingerprint density at radius 3 is 2.27 bits per heavy atom. The molecule has 0 saturated carbocycles. The Bertz CT molecular complexity index is 218. The third kappa shape index (κ3) is 2.63. The molecule has 1 N–H and O–H groups in total. The Morgan fingerprint density at radius 2 is 2.00 bits per heavy atom. The third-order valence-electron chi connectivity index (χ3n) is 1.15. The summed E-state index contributed by atoms with van der Waals surface area (Å²) in [6.07, 6.45) is 2.94. The minimum Gasteiger partial charge on any atom is -0.355 e. The fourth-order valence-corrected chi connectivity index (χ4v) is 0.751. The lowest BCUT2D eigenvalue weighted by atomic mass is 10.2. The van der Waals surface area contributed by atoms with Crippen molar-refractivity contribution in [2.45, 2.75) is 0 Å². The molecule has 3 heteroatoms. The van der Waals surface area contributed by atoms with Crippen molar-refractivity contribution in [3.05, 3.63) is 35.8 Å². The zero-order valence-corrected chi connectivity index (χ0v) is 7.32. The van der Waals surface area contributed by atoms with Crippen LogP contribution in [0, 0.1) is 0 Å². The van der Waals surface area contributed by atoms with Crippen LogP contribution in [0.15, 0.2) is 35.8 Å². The Morgan fingerprint density at radius 1 is 1.45 bits per heavy atom. The lowest BCUT2D eigenvalue weighted by Gasteiger charge is -2.00. The molecule has 0 atom stereocenters. The Kier molecular flexibility index (Phi) is 4.38. The molecule has 11 heavy (non-hydrogen) atoms. The average molecular weight is 169 g/mol. The summed E-state index contributed by atoms with van der Waals surface area (Å²) in [4.78, 5) is 11.5. The fourth-order valence-electron chi connectivity index (χ4n) is 0.558. The summed E-state index contributed by atoms with van der Waals surface area (Å²) in [6.45, 7) is 6.97. The quantitative estimate of drug-likeness (QED) is 0.372. The lowest BCUT2D eigenvalue weighted by Crippen LogP contribution is -2.19. The second kappa shape index (κ2) is 4.79. The van der Waals surface area contributed by atoms with E-state index in [1.807, 2.05) is 0 Å². The van der Waals surface area contributed by atoms with E-state index in [2.05, 4.69) is 31.1 Å². The van der Waals surface area contributed by atoms with Crippen LogP contribution in [0.25, 0.3) is 0 Å². The van der Waals surface area contributed by atoms with Gasteiger partial charge in [-0.15, -0.1) is 12.6 Å². The predicted octanol–water partition coefficient (Wildman–Crippen LogP) is 1.29. The number of rotatable bonds is 3. The van der Waals surface area contributed by atoms with Gasteiger partial charge < -0.3 is 5.32 Å². The van der Waals surface area contributed by atoms with E-state index in [4.69, 9.17) is 0 Å². The van der Waals surface area contributed by atoms with Crippen molar-refractivity contribution in [3.63, 3.8) is 0 Å². The van der Waals surface area contributed by atoms with Crippen LogP contribution in [0.3, 0.4) is 0 Å². The summed E-state index contributed by atoms with van der Waals surface area (Å²) in [5, 5.41) is 2.47. The van der Waals surface area contributed by atoms with E-state index < -0.39 is 0 Å². The van der Waals surface area contributed by atoms with Crippen LogP contribution in [0.4, 0.5) is 0 Å². The number of amides is 1. The van der Waals surface area contributed by atoms with Crippen LogP contribution in [-0.4, -0.2) is 13.0 Å². The van der Waals surface area contributed by atoms with Crippen LogP contribution < -0.4 is 5.32 Å². The number of hydrogen-bond acceptors (Lipinski definition) is 2. The van der Waals surface area contributed by atoms with Crippen LogP contribution >= 0.6 is 12.6 Å². The van der Waals surface area contributed by atoms with Crippen LogP contribution in [0.2, 0.25) is 0 Å². The second-order valence-corrected chi connectivity index (χ2v) is 2.27. The van der Waals surface area contributed by atoms with Gasteiger partial charge >= 0.3 is 0 Å². The zero-order chi connectivity index (χ0) is 8.85. The molecule has 0 aliphatic rings. The number of thiol groups is 1. The first-order valence-electron chi connectivity index (χ1n) is 3.07. The summed E-state index contributed by atoms with van der Waals surface area (Å²) < 4.78 is 0. The van der Waals surface area contributed by atoms with E-state index in [0.717, 1.165) is 0 Å². The van der Waals surface area contributed by atoms with Crippen molar-refractivity contribution in [1.82, 2.24) is 5.32 Å². The maximum Gasteiger partial charge on any atom is 0.252 e. The van der Waals surface area contributed by atoms with Crippen molar-refractivity contribution in [2.24, 2.45) is 0 Å². The smallest absolute Gasteiger partial charge is 0.252 e. The number of carbonyl (C=O) groups excluding carboxylic acids is 1. The van der Waals surface area contributed by atoms with Crippen molar-refractivity contribution in [2.75, 3.05) is 7.05 Å². The van der Waals surface area contributed by atoms with Gasteiger partial charge in [0, 0.05) is 12.0 Å². The van der Waals surface area contributed by atoms with Gasteiger partial charge in [-0.1, -0.05) is 25.3 Å². The second-order valence-electron chi connectivity index (χ2n) is 1.79. The predicted molar refractivity (Wildman–Crippen MR) is 50.5 cm³/mol. The first kappa shape index (κ1) is 10.0. The highest BCUT2D eigenvalue weighted by Crippen LogP contribution is 2.10. The molecule has 0 unspecified atom stereocenters. The standard InChI is InChI=1S/C8H11NOS/c1-4-6(7(11)5-2)8(10)9-3/h4-5,11H,1-2H2,3H3,(H,9,10)/b7-6-. The minimum atomic E-state index is -0.204. The summed E-state index contributed by atoms with van der Waals surface area (Å²) in [7, 11) is 1.55. The number of nitrogens with one attached hydrogen (secondary N) is 1. The molecule has 0 aromatic heterocycles. The minimum absolute atomic E-state index is 0.204. The summed E-state index contributed by atoms with van der Waals surface area (Å²) in [6, 6.07) is 0. The molecule has 0 spiro atoms. The average Bonchev–Trinajstić information content (AvgIpc) is 2.05. The maximum atomic E-state index is 11.0. The van der Waals surface area contributed by atoms with Gasteiger partial charge in [-0.05, 0) is 0 Å². The fraction of sp³-hybridized carbons (Fsp3) is 0.125. The molecule has 0 bridgehead atoms. The molecule has 0 fully saturated rings. The number of hydrogen-bond donors (Lipinski definition) is 2. The molecule has 2 nitrogen and oxygen atoms in total. The first-order valence-corrected chi connectivity index (χ1v) is 3.52. The highest BCUT2D eigenvalue weighted by atomic mass is 32.1. The molecule has 1 amide bonds. The molecule has 60 valence electrons. The van der Waals surface area contributed by atoms with Crippen LogP contribution in [0.5, 0.6) is 0 Å². The van der Waals surface area contributed by atoms with Gasteiger partial charge in [0.1, 0.15) is 0 Å². The van der Waals surface area contributed by atoms with Crippen molar-refractivity contribution >= 4 is 18.5 Å². The van der Waals surface area contributed by atoms with Crippen LogP contribution in [0.1, 0.15) is 0 Å². The molecule has 0 aliphatic heterocycles. The van der Waals surface area contributed by atoms with Gasteiger partial charge in [0.15, 0.2) is 0 Å². The maximum absolute atomic E-state index is 11.0. The molecule has 0 heterocycles. The monoisotopic (exact) mass is 169 g/mol. The number of allylic oxidation sites excluding steroid dienone is 1. The molecule has 0 rings (SSSR count). The Hall–Kier alpha value is -0.960. The van der Waals surface area contributed by atoms with Gasteiger partial charge in [0.05, 0.1) is 5.57 Å². The van der Waals surface area contributed by atoms with Crippen molar-refractivity contribution in [3.8, 4) is 0 Å². The zero-order valence-electron chi connectivity index (χ0n) is 6.42. The summed E-state index contributed by atoms with van der Waals surface area (Å²) >= 11 is 4.03. The molecule has 0 radical (unpaired) electrons. The summed E-state index contributed by atoms with van der Waals surface area (Å²) in [5.74, 6) is -0.204. The molecular formula is C8H11NOS. The molecule has 0 saturated heterocycles. The SMILES string of the molecule is C=C/C(S)=C(\C=C)C(=O)NC. The highest BCUT2D eigenvalue weighted by molar-refractivity contribution is 7.84. The Labute approximate surface area is 72.1 Å². The molecule has 0 aromatic rings. The van der Waals surface area contributed by atoms with E-state index in [1.54, 1.807) is 7.05 Å². The van der Waals surface area contributed by atoms with E-state index in [1.165, 1.54) is 12.2 Å². The van der Waals surface area contributed by atoms with Crippen molar-refractivity contribution in [1.29, 1.82) is 0 Å². The topological polar surface area (TPSA) is 29.1 Å². The van der Waals surface area contributed by atoms with E-state index in [0.29, 0.717) is 10.5 Å². The van der Waals surface area contributed by atoms with Gasteiger partial charge in [-0.25, -0.2) is 0 Å². The molecule has 0 aliphatic carbocycles. The largest absolute Gasteiger partial charge is 0.355 e. The van der Waals surface area contributed by atoms with E-state index in [-0.39, 0.29) is 5.91 Å². The van der Waals surface area contributed by atoms with Gasteiger partial charge in [-0.2, -0.15) is 0 Å². The number of likely N-dealkylation sites (N-methyl/N-ethyl adjacent to an activating group) is 1. The van der Waals surface area contributed by atoms with Gasteiger partial charge in [0.2, 0.25) is 0 Å². The lowest BCUT2D eigenvalue weighted by molar-refractivity contribution is -0.116.